The van der Waals surface area contributed by atoms with Gasteiger partial charge >= 0.3 is 0 Å². The molecule has 1 aliphatic heterocycles. The quantitative estimate of drug-likeness (QED) is 0.832. The van der Waals surface area contributed by atoms with Crippen molar-refractivity contribution in [2.45, 2.75) is 13.3 Å². The van der Waals surface area contributed by atoms with E-state index < -0.39 is 5.82 Å². The molecular formula is C21H23FN2O3. The zero-order valence-electron chi connectivity index (χ0n) is 15.4. The minimum atomic E-state index is -0.522. The Kier molecular flexibility index (Phi) is 6.06. The first-order valence-electron chi connectivity index (χ1n) is 9.05. The topological polar surface area (TPSA) is 49.9 Å². The third-order valence-corrected chi connectivity index (χ3v) is 4.62. The van der Waals surface area contributed by atoms with Crippen molar-refractivity contribution >= 4 is 11.8 Å². The number of aryl methyl sites for hydroxylation is 1. The first kappa shape index (κ1) is 18.9. The largest absolute Gasteiger partial charge is 0.484 e. The van der Waals surface area contributed by atoms with E-state index in [2.05, 4.69) is 0 Å². The molecule has 0 spiro atoms. The fraction of sp³-hybridized carbons (Fsp3) is 0.333. The van der Waals surface area contributed by atoms with Crippen molar-refractivity contribution in [3.05, 3.63) is 65.5 Å². The van der Waals surface area contributed by atoms with Crippen LogP contribution in [-0.2, 0) is 4.79 Å². The van der Waals surface area contributed by atoms with Crippen LogP contribution in [0.25, 0.3) is 0 Å². The molecule has 0 N–H and O–H groups in total. The minimum absolute atomic E-state index is 0.0374. The van der Waals surface area contributed by atoms with Gasteiger partial charge in [-0.15, -0.1) is 0 Å². The van der Waals surface area contributed by atoms with Crippen LogP contribution < -0.4 is 4.74 Å². The lowest BCUT2D eigenvalue weighted by Gasteiger charge is -2.22. The van der Waals surface area contributed by atoms with E-state index in [0.29, 0.717) is 38.3 Å². The molecule has 2 amide bonds. The van der Waals surface area contributed by atoms with Gasteiger partial charge < -0.3 is 14.5 Å². The summed E-state index contributed by atoms with van der Waals surface area (Å²) in [4.78, 5) is 28.3. The molecule has 3 rings (SSSR count). The number of carbonyl (C=O) groups excluding carboxylic acids is 2. The number of benzene rings is 2. The molecule has 0 bridgehead atoms. The molecular weight excluding hydrogens is 347 g/mol. The summed E-state index contributed by atoms with van der Waals surface area (Å²) < 4.78 is 19.4. The fourth-order valence-corrected chi connectivity index (χ4v) is 3.05. The lowest BCUT2D eigenvalue weighted by molar-refractivity contribution is -0.133. The third kappa shape index (κ3) is 4.84. The number of hydrogen-bond acceptors (Lipinski definition) is 3. The van der Waals surface area contributed by atoms with Gasteiger partial charge in [0.1, 0.15) is 11.6 Å². The highest BCUT2D eigenvalue weighted by Crippen LogP contribution is 2.14. The first-order valence-corrected chi connectivity index (χ1v) is 9.05. The Morgan fingerprint density at radius 1 is 0.963 bits per heavy atom. The molecule has 142 valence electrons. The monoisotopic (exact) mass is 370 g/mol. The third-order valence-electron chi connectivity index (χ3n) is 4.62. The molecule has 27 heavy (non-hydrogen) atoms. The van der Waals surface area contributed by atoms with E-state index in [0.717, 1.165) is 5.56 Å². The van der Waals surface area contributed by atoms with Crippen molar-refractivity contribution < 1.29 is 18.7 Å². The van der Waals surface area contributed by atoms with Crippen molar-refractivity contribution in [3.63, 3.8) is 0 Å². The Bertz CT molecular complexity index is 807. The van der Waals surface area contributed by atoms with Crippen molar-refractivity contribution in [1.29, 1.82) is 0 Å². The molecule has 1 saturated heterocycles. The number of carbonyl (C=O) groups is 2. The Balaban J connectivity index is 1.54. The number of rotatable bonds is 4. The lowest BCUT2D eigenvalue weighted by atomic mass is 10.2. The molecule has 0 unspecified atom stereocenters. The number of amides is 2. The van der Waals surface area contributed by atoms with Gasteiger partial charge in [-0.3, -0.25) is 9.59 Å². The van der Waals surface area contributed by atoms with E-state index in [1.165, 1.54) is 12.1 Å². The van der Waals surface area contributed by atoms with Gasteiger partial charge in [-0.1, -0.05) is 29.8 Å². The molecule has 6 heteroatoms. The number of nitrogens with zero attached hydrogens (tertiary/aromatic N) is 2. The summed E-state index contributed by atoms with van der Waals surface area (Å²) in [6, 6.07) is 13.5. The predicted octanol–water partition coefficient (Wildman–Crippen LogP) is 2.89. The second kappa shape index (κ2) is 8.66. The van der Waals surface area contributed by atoms with Gasteiger partial charge in [0.15, 0.2) is 6.61 Å². The second-order valence-electron chi connectivity index (χ2n) is 6.61. The molecule has 0 atom stereocenters. The second-order valence-corrected chi connectivity index (χ2v) is 6.61. The molecule has 2 aromatic rings. The maximum atomic E-state index is 13.9. The van der Waals surface area contributed by atoms with E-state index in [-0.39, 0.29) is 24.0 Å². The molecule has 2 aromatic carbocycles. The first-order chi connectivity index (χ1) is 13.0. The van der Waals surface area contributed by atoms with Gasteiger partial charge in [-0.05, 0) is 37.6 Å². The summed E-state index contributed by atoms with van der Waals surface area (Å²) in [5, 5.41) is 0. The summed E-state index contributed by atoms with van der Waals surface area (Å²) in [7, 11) is 0. The highest BCUT2D eigenvalue weighted by Gasteiger charge is 2.24. The Morgan fingerprint density at radius 2 is 1.63 bits per heavy atom. The van der Waals surface area contributed by atoms with Crippen molar-refractivity contribution in [3.8, 4) is 5.75 Å². The normalized spacial score (nSPS) is 14.6. The Hall–Kier alpha value is -2.89. The summed E-state index contributed by atoms with van der Waals surface area (Å²) in [5.74, 6) is -0.319. The highest BCUT2D eigenvalue weighted by atomic mass is 19.1. The predicted molar refractivity (Wildman–Crippen MR) is 100 cm³/mol. The summed E-state index contributed by atoms with van der Waals surface area (Å²) in [6.07, 6.45) is 0.649. The minimum Gasteiger partial charge on any atom is -0.484 e. The van der Waals surface area contributed by atoms with E-state index in [1.807, 2.05) is 31.2 Å². The van der Waals surface area contributed by atoms with Gasteiger partial charge in [0.25, 0.3) is 11.8 Å². The average Bonchev–Trinajstić information content (AvgIpc) is 2.93. The van der Waals surface area contributed by atoms with Crippen molar-refractivity contribution in [1.82, 2.24) is 9.80 Å². The van der Waals surface area contributed by atoms with Gasteiger partial charge in [0, 0.05) is 26.2 Å². The molecule has 1 aliphatic rings. The van der Waals surface area contributed by atoms with Crippen LogP contribution in [0, 0.1) is 12.7 Å². The van der Waals surface area contributed by atoms with Crippen LogP contribution in [0.4, 0.5) is 4.39 Å². The molecule has 5 nitrogen and oxygen atoms in total. The van der Waals surface area contributed by atoms with Crippen LogP contribution in [0.1, 0.15) is 22.3 Å². The van der Waals surface area contributed by atoms with Crippen molar-refractivity contribution in [2.24, 2.45) is 0 Å². The molecule has 0 aliphatic carbocycles. The molecule has 0 saturated carbocycles. The van der Waals surface area contributed by atoms with E-state index in [1.54, 1.807) is 21.9 Å². The zero-order chi connectivity index (χ0) is 19.2. The fourth-order valence-electron chi connectivity index (χ4n) is 3.05. The average molecular weight is 370 g/mol. The van der Waals surface area contributed by atoms with Crippen LogP contribution in [0.15, 0.2) is 48.5 Å². The van der Waals surface area contributed by atoms with Gasteiger partial charge in [0.2, 0.25) is 0 Å². The van der Waals surface area contributed by atoms with Crippen LogP contribution in [-0.4, -0.2) is 54.4 Å². The van der Waals surface area contributed by atoms with E-state index >= 15 is 0 Å². The molecule has 1 heterocycles. The highest BCUT2D eigenvalue weighted by molar-refractivity contribution is 5.94. The van der Waals surface area contributed by atoms with Gasteiger partial charge in [0.05, 0.1) is 5.56 Å². The Labute approximate surface area is 158 Å². The number of halogens is 1. The molecule has 0 radical (unpaired) electrons. The van der Waals surface area contributed by atoms with Crippen molar-refractivity contribution in [2.75, 3.05) is 32.8 Å². The maximum absolute atomic E-state index is 13.9. The summed E-state index contributed by atoms with van der Waals surface area (Å²) in [5.41, 5.74) is 1.20. The summed E-state index contributed by atoms with van der Waals surface area (Å²) >= 11 is 0. The van der Waals surface area contributed by atoms with Gasteiger partial charge in [-0.25, -0.2) is 4.39 Å². The van der Waals surface area contributed by atoms with Crippen LogP contribution in [0.3, 0.4) is 0 Å². The SMILES string of the molecule is Cc1ccc(OCC(=O)N2CCCN(C(=O)c3ccccc3F)CC2)cc1. The van der Waals surface area contributed by atoms with Crippen LogP contribution in [0.2, 0.25) is 0 Å². The molecule has 0 aromatic heterocycles. The maximum Gasteiger partial charge on any atom is 0.260 e. The zero-order valence-corrected chi connectivity index (χ0v) is 15.4. The number of hydrogen-bond donors (Lipinski definition) is 0. The van der Waals surface area contributed by atoms with Gasteiger partial charge in [-0.2, -0.15) is 0 Å². The lowest BCUT2D eigenvalue weighted by Crippen LogP contribution is -2.39. The van der Waals surface area contributed by atoms with E-state index in [4.69, 9.17) is 4.74 Å². The summed E-state index contributed by atoms with van der Waals surface area (Å²) in [6.45, 7) is 3.79. The van der Waals surface area contributed by atoms with Crippen LogP contribution in [0.5, 0.6) is 5.75 Å². The number of ether oxygens (including phenoxy) is 1. The van der Waals surface area contributed by atoms with Crippen LogP contribution >= 0.6 is 0 Å². The smallest absolute Gasteiger partial charge is 0.260 e. The standard InChI is InChI=1S/C21H23FN2O3/c1-16-7-9-17(10-8-16)27-15-20(25)23-11-4-12-24(14-13-23)21(26)18-5-2-3-6-19(18)22/h2-3,5-10H,4,11-15H2,1H3. The Morgan fingerprint density at radius 3 is 2.37 bits per heavy atom. The molecule has 1 fully saturated rings. The van der Waals surface area contributed by atoms with E-state index in [9.17, 15) is 14.0 Å².